The Morgan fingerprint density at radius 1 is 1.12 bits per heavy atom. The minimum absolute atomic E-state index is 0.239. The van der Waals surface area contributed by atoms with Crippen LogP contribution in [-0.4, -0.2) is 47.0 Å². The second-order valence-electron chi connectivity index (χ2n) is 6.80. The summed E-state index contributed by atoms with van der Waals surface area (Å²) in [6.45, 7) is 9.18. The Bertz CT molecular complexity index is 724. The predicted molar refractivity (Wildman–Crippen MR) is 99.8 cm³/mol. The normalized spacial score (nSPS) is 16.0. The van der Waals surface area contributed by atoms with Gasteiger partial charge in [-0.3, -0.25) is 9.78 Å². The van der Waals surface area contributed by atoms with Gasteiger partial charge in [0.15, 0.2) is 0 Å². The SMILES string of the molecule is Cc1cnc(C)c(N2CCN(C(=O)C[C@H](C)c3ccccc3)CC2)n1. The number of aromatic nitrogens is 2. The van der Waals surface area contributed by atoms with Gasteiger partial charge in [0.25, 0.3) is 0 Å². The smallest absolute Gasteiger partial charge is 0.223 e. The number of piperazine rings is 1. The standard InChI is InChI=1S/C20H26N4O/c1-15(18-7-5-4-6-8-18)13-19(25)23-9-11-24(12-10-23)20-17(3)21-14-16(2)22-20/h4-8,14-15H,9-13H2,1-3H3/t15-/m0/s1. The van der Waals surface area contributed by atoms with E-state index in [1.807, 2.05) is 36.9 Å². The van der Waals surface area contributed by atoms with Crippen molar-refractivity contribution in [2.75, 3.05) is 31.1 Å². The highest BCUT2D eigenvalue weighted by atomic mass is 16.2. The molecule has 0 spiro atoms. The van der Waals surface area contributed by atoms with Gasteiger partial charge in [0.1, 0.15) is 5.82 Å². The maximum atomic E-state index is 12.6. The van der Waals surface area contributed by atoms with Gasteiger partial charge in [-0.1, -0.05) is 37.3 Å². The van der Waals surface area contributed by atoms with Crippen LogP contribution in [-0.2, 0) is 4.79 Å². The molecule has 1 atom stereocenters. The fourth-order valence-electron chi connectivity index (χ4n) is 3.28. The van der Waals surface area contributed by atoms with E-state index in [-0.39, 0.29) is 11.8 Å². The van der Waals surface area contributed by atoms with Gasteiger partial charge < -0.3 is 9.80 Å². The quantitative estimate of drug-likeness (QED) is 0.860. The molecule has 0 bridgehead atoms. The summed E-state index contributed by atoms with van der Waals surface area (Å²) in [6, 6.07) is 10.2. The largest absolute Gasteiger partial charge is 0.352 e. The highest BCUT2D eigenvalue weighted by Gasteiger charge is 2.24. The number of anilines is 1. The Kier molecular flexibility index (Phi) is 5.31. The fraction of sp³-hybridized carbons (Fsp3) is 0.450. The van der Waals surface area contributed by atoms with Gasteiger partial charge in [-0.2, -0.15) is 0 Å². The minimum atomic E-state index is 0.239. The molecule has 0 saturated carbocycles. The molecule has 1 fully saturated rings. The molecule has 1 aliphatic heterocycles. The topological polar surface area (TPSA) is 49.3 Å². The van der Waals surface area contributed by atoms with Gasteiger partial charge in [0.2, 0.25) is 5.91 Å². The third-order valence-corrected chi connectivity index (χ3v) is 4.83. The average molecular weight is 338 g/mol. The first-order valence-corrected chi connectivity index (χ1v) is 8.92. The van der Waals surface area contributed by atoms with Gasteiger partial charge in [-0.15, -0.1) is 0 Å². The molecule has 2 aromatic rings. The molecule has 0 N–H and O–H groups in total. The average Bonchev–Trinajstić information content (AvgIpc) is 2.64. The van der Waals surface area contributed by atoms with Gasteiger partial charge in [-0.05, 0) is 25.3 Å². The summed E-state index contributed by atoms with van der Waals surface area (Å²) in [4.78, 5) is 25.9. The zero-order valence-corrected chi connectivity index (χ0v) is 15.3. The first-order chi connectivity index (χ1) is 12.0. The molecule has 0 radical (unpaired) electrons. The molecule has 25 heavy (non-hydrogen) atoms. The number of benzene rings is 1. The number of aryl methyl sites for hydroxylation is 2. The molecule has 1 aliphatic rings. The van der Waals surface area contributed by atoms with E-state index in [4.69, 9.17) is 0 Å². The number of hydrogen-bond donors (Lipinski definition) is 0. The lowest BCUT2D eigenvalue weighted by Crippen LogP contribution is -2.49. The molecule has 1 amide bonds. The molecule has 1 aromatic carbocycles. The van der Waals surface area contributed by atoms with E-state index >= 15 is 0 Å². The summed E-state index contributed by atoms with van der Waals surface area (Å²) in [6.07, 6.45) is 2.36. The summed E-state index contributed by atoms with van der Waals surface area (Å²) < 4.78 is 0. The molecule has 0 unspecified atom stereocenters. The maximum Gasteiger partial charge on any atom is 0.223 e. The monoisotopic (exact) mass is 338 g/mol. The first kappa shape index (κ1) is 17.4. The van der Waals surface area contributed by atoms with Crippen molar-refractivity contribution in [3.05, 3.63) is 53.5 Å². The highest BCUT2D eigenvalue weighted by Crippen LogP contribution is 2.21. The van der Waals surface area contributed by atoms with Crippen LogP contribution in [0.3, 0.4) is 0 Å². The molecule has 2 heterocycles. The Labute approximate surface area is 149 Å². The van der Waals surface area contributed by atoms with Crippen molar-refractivity contribution in [2.45, 2.75) is 33.1 Å². The number of hydrogen-bond acceptors (Lipinski definition) is 4. The van der Waals surface area contributed by atoms with Crippen LogP contribution in [0.2, 0.25) is 0 Å². The zero-order valence-electron chi connectivity index (χ0n) is 15.3. The van der Waals surface area contributed by atoms with Crippen LogP contribution in [0, 0.1) is 13.8 Å². The molecule has 5 heteroatoms. The van der Waals surface area contributed by atoms with Crippen LogP contribution in [0.4, 0.5) is 5.82 Å². The molecular formula is C20H26N4O. The fourth-order valence-corrected chi connectivity index (χ4v) is 3.28. The van der Waals surface area contributed by atoms with E-state index in [0.29, 0.717) is 6.42 Å². The Morgan fingerprint density at radius 2 is 1.80 bits per heavy atom. The third kappa shape index (κ3) is 4.16. The van der Waals surface area contributed by atoms with E-state index in [1.54, 1.807) is 6.20 Å². The molecule has 132 valence electrons. The lowest BCUT2D eigenvalue weighted by atomic mass is 9.97. The molecule has 5 nitrogen and oxygen atoms in total. The van der Waals surface area contributed by atoms with E-state index in [1.165, 1.54) is 5.56 Å². The van der Waals surface area contributed by atoms with Crippen molar-refractivity contribution in [1.82, 2.24) is 14.9 Å². The summed E-state index contributed by atoms with van der Waals surface area (Å²) >= 11 is 0. The van der Waals surface area contributed by atoms with Gasteiger partial charge >= 0.3 is 0 Å². The lowest BCUT2D eigenvalue weighted by molar-refractivity contribution is -0.131. The number of rotatable bonds is 4. The van der Waals surface area contributed by atoms with Crippen LogP contribution < -0.4 is 4.90 Å². The van der Waals surface area contributed by atoms with E-state index in [2.05, 4.69) is 33.9 Å². The van der Waals surface area contributed by atoms with Gasteiger partial charge in [0.05, 0.1) is 11.4 Å². The summed E-state index contributed by atoms with van der Waals surface area (Å²) in [5, 5.41) is 0. The number of nitrogens with zero attached hydrogens (tertiary/aromatic N) is 4. The van der Waals surface area contributed by atoms with Crippen molar-refractivity contribution in [3.63, 3.8) is 0 Å². The Morgan fingerprint density at radius 3 is 2.48 bits per heavy atom. The van der Waals surface area contributed by atoms with E-state index < -0.39 is 0 Å². The van der Waals surface area contributed by atoms with Crippen molar-refractivity contribution >= 4 is 11.7 Å². The molecule has 3 rings (SSSR count). The Hall–Kier alpha value is -2.43. The minimum Gasteiger partial charge on any atom is -0.352 e. The van der Waals surface area contributed by atoms with Crippen LogP contribution in [0.25, 0.3) is 0 Å². The third-order valence-electron chi connectivity index (χ3n) is 4.83. The van der Waals surface area contributed by atoms with E-state index in [9.17, 15) is 4.79 Å². The molecule has 1 saturated heterocycles. The number of amides is 1. The first-order valence-electron chi connectivity index (χ1n) is 8.92. The van der Waals surface area contributed by atoms with Crippen LogP contribution >= 0.6 is 0 Å². The predicted octanol–water partition coefficient (Wildman–Crippen LogP) is 2.94. The van der Waals surface area contributed by atoms with Crippen LogP contribution in [0.1, 0.15) is 36.2 Å². The highest BCUT2D eigenvalue weighted by molar-refractivity contribution is 5.77. The Balaban J connectivity index is 1.57. The van der Waals surface area contributed by atoms with Crippen LogP contribution in [0.15, 0.2) is 36.5 Å². The molecule has 1 aromatic heterocycles. The zero-order chi connectivity index (χ0) is 17.8. The summed E-state index contributed by atoms with van der Waals surface area (Å²) in [5.41, 5.74) is 3.10. The molecular weight excluding hydrogens is 312 g/mol. The maximum absolute atomic E-state index is 12.6. The van der Waals surface area contributed by atoms with Crippen molar-refractivity contribution < 1.29 is 4.79 Å². The van der Waals surface area contributed by atoms with Crippen molar-refractivity contribution in [3.8, 4) is 0 Å². The lowest BCUT2D eigenvalue weighted by Gasteiger charge is -2.36. The van der Waals surface area contributed by atoms with Gasteiger partial charge in [-0.25, -0.2) is 4.98 Å². The second kappa shape index (κ2) is 7.64. The van der Waals surface area contributed by atoms with Crippen molar-refractivity contribution in [1.29, 1.82) is 0 Å². The number of carbonyl (C=O) groups excluding carboxylic acids is 1. The summed E-state index contributed by atoms with van der Waals surface area (Å²) in [7, 11) is 0. The van der Waals surface area contributed by atoms with Gasteiger partial charge in [0, 0.05) is 38.8 Å². The summed E-state index contributed by atoms with van der Waals surface area (Å²) in [5.74, 6) is 1.43. The number of carbonyl (C=O) groups is 1. The second-order valence-corrected chi connectivity index (χ2v) is 6.80. The van der Waals surface area contributed by atoms with Crippen LogP contribution in [0.5, 0.6) is 0 Å². The van der Waals surface area contributed by atoms with Crippen molar-refractivity contribution in [2.24, 2.45) is 0 Å². The molecule has 0 aliphatic carbocycles. The van der Waals surface area contributed by atoms with E-state index in [0.717, 1.165) is 43.4 Å².